The Labute approximate surface area is 280 Å². The van der Waals surface area contributed by atoms with Crippen LogP contribution in [0, 0.1) is 0 Å². The van der Waals surface area contributed by atoms with Crippen LogP contribution >= 0.6 is 0 Å². The molecule has 0 bridgehead atoms. The summed E-state index contributed by atoms with van der Waals surface area (Å²) in [5, 5.41) is 37.9. The van der Waals surface area contributed by atoms with E-state index in [1.165, 1.54) is 36.8 Å². The molecular formula is C35H37N7O7. The molecule has 0 aliphatic rings. The van der Waals surface area contributed by atoms with Gasteiger partial charge in [0.2, 0.25) is 17.7 Å². The number of para-hydroxylation sites is 1. The number of nitrogens with two attached hydrogens (primary N) is 1. The number of carbonyl (C=O) groups excluding carboxylic acids is 3. The Hall–Kier alpha value is -6.15. The van der Waals surface area contributed by atoms with Crippen molar-refractivity contribution in [2.45, 2.75) is 49.9 Å². The van der Waals surface area contributed by atoms with Crippen LogP contribution < -0.4 is 21.7 Å². The number of rotatable bonds is 15. The highest BCUT2D eigenvalue weighted by Gasteiger charge is 2.31. The fourth-order valence-corrected chi connectivity index (χ4v) is 5.43. The number of hydrogen-bond acceptors (Lipinski definition) is 8. The number of hydrogen-bond donors (Lipinski definition) is 9. The van der Waals surface area contributed by atoms with Crippen LogP contribution in [0.1, 0.15) is 22.4 Å². The van der Waals surface area contributed by atoms with Crippen molar-refractivity contribution in [3.63, 3.8) is 0 Å². The van der Waals surface area contributed by atoms with Crippen LogP contribution in [0.4, 0.5) is 0 Å². The van der Waals surface area contributed by atoms with Crippen molar-refractivity contribution in [2.24, 2.45) is 5.73 Å². The van der Waals surface area contributed by atoms with Gasteiger partial charge in [-0.05, 0) is 53.4 Å². The molecule has 0 aliphatic heterocycles. The fraction of sp³-hybridized carbons (Fsp3) is 0.229. The molecule has 0 aliphatic carbocycles. The summed E-state index contributed by atoms with van der Waals surface area (Å²) in [6, 6.07) is 14.8. The molecule has 254 valence electrons. The van der Waals surface area contributed by atoms with E-state index in [1.807, 2.05) is 24.3 Å². The van der Waals surface area contributed by atoms with Crippen molar-refractivity contribution in [1.29, 1.82) is 0 Å². The first kappa shape index (κ1) is 34.2. The number of imidazole rings is 1. The average Bonchev–Trinajstić information content (AvgIpc) is 3.75. The third-order valence-electron chi connectivity index (χ3n) is 8.06. The number of H-pyrrole nitrogens is 2. The maximum atomic E-state index is 13.9. The van der Waals surface area contributed by atoms with Crippen molar-refractivity contribution >= 4 is 34.6 Å². The number of aromatic amines is 2. The van der Waals surface area contributed by atoms with Crippen molar-refractivity contribution in [3.8, 4) is 11.5 Å². The van der Waals surface area contributed by atoms with Gasteiger partial charge in [-0.25, -0.2) is 9.78 Å². The molecule has 14 heteroatoms. The second-order valence-corrected chi connectivity index (χ2v) is 11.7. The van der Waals surface area contributed by atoms with E-state index in [9.17, 15) is 34.5 Å². The molecular weight excluding hydrogens is 630 g/mol. The quantitative estimate of drug-likeness (QED) is 0.0784. The average molecular weight is 668 g/mol. The molecule has 5 rings (SSSR count). The molecule has 5 aromatic rings. The van der Waals surface area contributed by atoms with Crippen molar-refractivity contribution in [3.05, 3.63) is 114 Å². The van der Waals surface area contributed by atoms with E-state index < -0.39 is 47.9 Å². The van der Waals surface area contributed by atoms with E-state index in [-0.39, 0.29) is 37.2 Å². The number of aliphatic carboxylic acids is 1. The van der Waals surface area contributed by atoms with Crippen molar-refractivity contribution < 1.29 is 34.5 Å². The standard InChI is InChI=1S/C35H37N7O7/c36-27(13-20-5-9-24(43)10-6-20)32(45)40-30(16-23-18-37-19-39-23)34(47)41-29(15-22-17-38-28-4-2-1-3-26(22)28)33(46)42-31(35(48)49)14-21-7-11-25(44)12-8-21/h1-12,17-19,27,29-31,38,43-44H,13-16,36H2,(H,37,39)(H,40,45)(H,41,47)(H,42,46)(H,48,49). The molecule has 0 spiro atoms. The maximum Gasteiger partial charge on any atom is 0.326 e. The molecule has 14 nitrogen and oxygen atoms in total. The lowest BCUT2D eigenvalue weighted by atomic mass is 10.0. The summed E-state index contributed by atoms with van der Waals surface area (Å²) in [6.45, 7) is 0. The van der Waals surface area contributed by atoms with E-state index in [4.69, 9.17) is 5.73 Å². The van der Waals surface area contributed by atoms with Crippen LogP contribution in [0.3, 0.4) is 0 Å². The maximum absolute atomic E-state index is 13.9. The zero-order valence-electron chi connectivity index (χ0n) is 26.3. The highest BCUT2D eigenvalue weighted by molar-refractivity contribution is 5.95. The van der Waals surface area contributed by atoms with Gasteiger partial charge < -0.3 is 47.0 Å². The largest absolute Gasteiger partial charge is 0.508 e. The minimum Gasteiger partial charge on any atom is -0.508 e. The summed E-state index contributed by atoms with van der Waals surface area (Å²) >= 11 is 0. The summed E-state index contributed by atoms with van der Waals surface area (Å²) in [5.41, 5.74) is 9.50. The van der Waals surface area contributed by atoms with Gasteiger partial charge in [0.05, 0.1) is 12.4 Å². The van der Waals surface area contributed by atoms with Crippen molar-refractivity contribution in [1.82, 2.24) is 30.9 Å². The number of phenolic OH excluding ortho intramolecular Hbond substituents is 2. The van der Waals surface area contributed by atoms with Gasteiger partial charge in [0, 0.05) is 48.3 Å². The molecule has 0 saturated carbocycles. The second-order valence-electron chi connectivity index (χ2n) is 11.7. The smallest absolute Gasteiger partial charge is 0.326 e. The number of aromatic hydroxyl groups is 2. The first-order valence-corrected chi connectivity index (χ1v) is 15.5. The molecule has 0 fully saturated rings. The summed E-state index contributed by atoms with van der Waals surface area (Å²) in [7, 11) is 0. The third kappa shape index (κ3) is 9.23. The first-order valence-electron chi connectivity index (χ1n) is 15.5. The number of benzene rings is 3. The zero-order chi connectivity index (χ0) is 34.9. The normalized spacial score (nSPS) is 13.6. The molecule has 3 amide bonds. The van der Waals surface area contributed by atoms with Gasteiger partial charge in [-0.15, -0.1) is 0 Å². The molecule has 2 heterocycles. The number of phenols is 2. The number of aromatic nitrogens is 3. The van der Waals surface area contributed by atoms with Crippen molar-refractivity contribution in [2.75, 3.05) is 0 Å². The highest BCUT2D eigenvalue weighted by Crippen LogP contribution is 2.20. The molecule has 0 saturated heterocycles. The van der Waals surface area contributed by atoms with Crippen LogP contribution in [0.2, 0.25) is 0 Å². The molecule has 2 aromatic heterocycles. The van der Waals surface area contributed by atoms with Gasteiger partial charge in [-0.1, -0.05) is 42.5 Å². The molecule has 10 N–H and O–H groups in total. The van der Waals surface area contributed by atoms with Crippen LogP contribution in [0.25, 0.3) is 10.9 Å². The minimum absolute atomic E-state index is 0.00176. The van der Waals surface area contributed by atoms with Crippen LogP contribution in [-0.4, -0.2) is 78.1 Å². The van der Waals surface area contributed by atoms with Gasteiger partial charge in [-0.2, -0.15) is 0 Å². The number of carboxylic acid groups (broad SMARTS) is 1. The summed E-state index contributed by atoms with van der Waals surface area (Å²) in [5.74, 6) is -3.28. The molecule has 49 heavy (non-hydrogen) atoms. The Bertz CT molecular complexity index is 1890. The number of carboxylic acids is 1. The predicted molar refractivity (Wildman–Crippen MR) is 179 cm³/mol. The van der Waals surface area contributed by atoms with E-state index >= 15 is 0 Å². The highest BCUT2D eigenvalue weighted by atomic mass is 16.4. The Morgan fingerprint density at radius 1 is 0.694 bits per heavy atom. The zero-order valence-corrected chi connectivity index (χ0v) is 26.3. The fourth-order valence-electron chi connectivity index (χ4n) is 5.43. The monoisotopic (exact) mass is 667 g/mol. The second kappa shape index (κ2) is 15.6. The number of fused-ring (bicyclic) bond motifs is 1. The number of carbonyl (C=O) groups is 4. The molecule has 4 atom stereocenters. The summed E-state index contributed by atoms with van der Waals surface area (Å²) in [4.78, 5) is 63.2. The lowest BCUT2D eigenvalue weighted by molar-refractivity contribution is -0.142. The van der Waals surface area contributed by atoms with E-state index in [2.05, 4.69) is 30.9 Å². The van der Waals surface area contributed by atoms with Gasteiger partial charge in [0.25, 0.3) is 0 Å². The third-order valence-corrected chi connectivity index (χ3v) is 8.06. The van der Waals surface area contributed by atoms with Crippen LogP contribution in [0.5, 0.6) is 11.5 Å². The Balaban J connectivity index is 1.37. The van der Waals surface area contributed by atoms with E-state index in [1.54, 1.807) is 30.5 Å². The van der Waals surface area contributed by atoms with E-state index in [0.29, 0.717) is 22.4 Å². The topological polar surface area (TPSA) is 236 Å². The molecule has 3 aromatic carbocycles. The lowest BCUT2D eigenvalue weighted by Gasteiger charge is -2.25. The Morgan fingerprint density at radius 2 is 1.27 bits per heavy atom. The summed E-state index contributed by atoms with van der Waals surface area (Å²) in [6.07, 6.45) is 4.69. The number of nitrogens with zero attached hydrogens (tertiary/aromatic N) is 1. The minimum atomic E-state index is -1.35. The Morgan fingerprint density at radius 3 is 1.88 bits per heavy atom. The van der Waals surface area contributed by atoms with Gasteiger partial charge in [-0.3, -0.25) is 14.4 Å². The molecule has 0 radical (unpaired) electrons. The summed E-state index contributed by atoms with van der Waals surface area (Å²) < 4.78 is 0. The SMILES string of the molecule is NC(Cc1ccc(O)cc1)C(=O)NC(Cc1cnc[nH]1)C(=O)NC(Cc1c[nH]c2ccccc12)C(=O)NC(Cc1ccc(O)cc1)C(=O)O. The predicted octanol–water partition coefficient (Wildman–Crippen LogP) is 1.44. The Kier molecular flexibility index (Phi) is 10.9. The number of amides is 3. The lowest BCUT2D eigenvalue weighted by Crippen LogP contribution is -2.58. The van der Waals surface area contributed by atoms with Crippen LogP contribution in [-0.2, 0) is 44.9 Å². The van der Waals surface area contributed by atoms with Gasteiger partial charge in [0.15, 0.2) is 0 Å². The van der Waals surface area contributed by atoms with Gasteiger partial charge in [0.1, 0.15) is 29.6 Å². The van der Waals surface area contributed by atoms with Crippen LogP contribution in [0.15, 0.2) is 91.5 Å². The van der Waals surface area contributed by atoms with E-state index in [0.717, 1.165) is 10.9 Å². The van der Waals surface area contributed by atoms with Gasteiger partial charge >= 0.3 is 5.97 Å². The first-order chi connectivity index (χ1) is 23.5. The molecule has 4 unspecified atom stereocenters. The number of nitrogens with one attached hydrogen (secondary N) is 5.